The van der Waals surface area contributed by atoms with E-state index in [1.54, 1.807) is 25.1 Å². The van der Waals surface area contributed by atoms with Crippen molar-refractivity contribution in [1.29, 1.82) is 0 Å². The number of hydrogen-bond acceptors (Lipinski definition) is 1. The molecular weight excluding hydrogens is 350 g/mol. The second-order valence-electron chi connectivity index (χ2n) is 4.31. The van der Waals surface area contributed by atoms with Crippen LogP contribution < -0.4 is 4.74 Å². The van der Waals surface area contributed by atoms with Gasteiger partial charge in [0.25, 0.3) is 0 Å². The van der Waals surface area contributed by atoms with Crippen LogP contribution in [0.2, 0.25) is 5.02 Å². The lowest BCUT2D eigenvalue weighted by atomic mass is 10.1. The van der Waals surface area contributed by atoms with E-state index in [4.69, 9.17) is 16.3 Å². The highest BCUT2D eigenvalue weighted by atomic mass is 79.9. The summed E-state index contributed by atoms with van der Waals surface area (Å²) >= 11 is 9.26. The molecule has 0 aliphatic rings. The summed E-state index contributed by atoms with van der Waals surface area (Å²) in [6.45, 7) is 1.71. The minimum absolute atomic E-state index is 0.307. The average Bonchev–Trinajstić information content (AvgIpc) is 2.40. The van der Waals surface area contributed by atoms with Crippen molar-refractivity contribution in [2.24, 2.45) is 0 Å². The van der Waals surface area contributed by atoms with Gasteiger partial charge < -0.3 is 4.74 Å². The molecule has 2 rings (SSSR count). The molecule has 5 heteroatoms. The molecule has 1 unspecified atom stereocenters. The van der Waals surface area contributed by atoms with Gasteiger partial charge in [-0.3, -0.25) is 0 Å². The van der Waals surface area contributed by atoms with Crippen molar-refractivity contribution < 1.29 is 13.5 Å². The Morgan fingerprint density at radius 2 is 1.95 bits per heavy atom. The summed E-state index contributed by atoms with van der Waals surface area (Å²) in [5.41, 5.74) is 1.17. The van der Waals surface area contributed by atoms with Crippen LogP contribution >= 0.6 is 27.5 Å². The van der Waals surface area contributed by atoms with Gasteiger partial charge in [-0.2, -0.15) is 0 Å². The van der Waals surface area contributed by atoms with Crippen LogP contribution in [0.5, 0.6) is 5.75 Å². The van der Waals surface area contributed by atoms with Gasteiger partial charge in [0.05, 0.1) is 0 Å². The number of halogens is 4. The molecule has 0 amide bonds. The first-order chi connectivity index (χ1) is 9.51. The van der Waals surface area contributed by atoms with E-state index in [0.29, 0.717) is 21.7 Å². The number of alkyl halides is 1. The molecule has 0 N–H and O–H groups in total. The predicted molar refractivity (Wildman–Crippen MR) is 79.5 cm³/mol. The molecule has 0 aliphatic heterocycles. The average molecular weight is 362 g/mol. The molecule has 2 aromatic carbocycles. The number of rotatable bonds is 4. The van der Waals surface area contributed by atoms with E-state index < -0.39 is 17.7 Å². The lowest BCUT2D eigenvalue weighted by Gasteiger charge is -2.18. The number of benzene rings is 2. The molecule has 0 saturated carbocycles. The Morgan fingerprint density at radius 3 is 2.60 bits per heavy atom. The molecule has 2 aromatic rings. The van der Waals surface area contributed by atoms with Gasteiger partial charge in [-0.15, -0.1) is 0 Å². The molecule has 0 radical (unpaired) electrons. The maximum absolute atomic E-state index is 13.7. The normalized spacial score (nSPS) is 12.2. The van der Waals surface area contributed by atoms with E-state index in [9.17, 15) is 8.78 Å². The molecule has 1 nitrogen and oxygen atoms in total. The smallest absolute Gasteiger partial charge is 0.133 e. The van der Waals surface area contributed by atoms with Gasteiger partial charge in [0.2, 0.25) is 0 Å². The SMILES string of the molecule is CC(Oc1ccc(Cl)cc1CBr)c1ccc(F)cc1F. The zero-order valence-corrected chi connectivity index (χ0v) is 13.0. The van der Waals surface area contributed by atoms with Crippen LogP contribution in [0.1, 0.15) is 24.2 Å². The summed E-state index contributed by atoms with van der Waals surface area (Å²) in [6.07, 6.45) is -0.533. The molecule has 0 heterocycles. The quantitative estimate of drug-likeness (QED) is 0.639. The maximum Gasteiger partial charge on any atom is 0.133 e. The number of hydrogen-bond donors (Lipinski definition) is 0. The van der Waals surface area contributed by atoms with E-state index in [2.05, 4.69) is 15.9 Å². The van der Waals surface area contributed by atoms with Crippen molar-refractivity contribution in [3.63, 3.8) is 0 Å². The topological polar surface area (TPSA) is 9.23 Å². The van der Waals surface area contributed by atoms with Crippen LogP contribution in [0.4, 0.5) is 8.78 Å². The highest BCUT2D eigenvalue weighted by Gasteiger charge is 2.15. The zero-order chi connectivity index (χ0) is 14.7. The first-order valence-corrected chi connectivity index (χ1v) is 7.47. The van der Waals surface area contributed by atoms with Crippen molar-refractivity contribution in [3.05, 3.63) is 64.2 Å². The van der Waals surface area contributed by atoms with Gasteiger partial charge in [0.1, 0.15) is 23.5 Å². The molecule has 0 bridgehead atoms. The fraction of sp³-hybridized carbons (Fsp3) is 0.200. The Hall–Kier alpha value is -1.13. The van der Waals surface area contributed by atoms with Gasteiger partial charge >= 0.3 is 0 Å². The fourth-order valence-corrected chi connectivity index (χ4v) is 2.49. The van der Waals surface area contributed by atoms with Crippen LogP contribution in [0.3, 0.4) is 0 Å². The maximum atomic E-state index is 13.7. The van der Waals surface area contributed by atoms with E-state index in [1.165, 1.54) is 12.1 Å². The monoisotopic (exact) mass is 360 g/mol. The molecule has 1 atom stereocenters. The molecule has 0 aliphatic carbocycles. The van der Waals surface area contributed by atoms with Crippen LogP contribution in [-0.4, -0.2) is 0 Å². The summed E-state index contributed by atoms with van der Waals surface area (Å²) in [4.78, 5) is 0. The Balaban J connectivity index is 2.25. The lowest BCUT2D eigenvalue weighted by Crippen LogP contribution is -2.07. The Bertz CT molecular complexity index is 619. The molecule has 0 spiro atoms. The van der Waals surface area contributed by atoms with Crippen molar-refractivity contribution >= 4 is 27.5 Å². The third-order valence-corrected chi connectivity index (χ3v) is 3.71. The summed E-state index contributed by atoms with van der Waals surface area (Å²) in [5.74, 6) is -0.611. The first kappa shape index (κ1) is 15.3. The summed E-state index contributed by atoms with van der Waals surface area (Å²) < 4.78 is 32.3. The van der Waals surface area contributed by atoms with Gasteiger partial charge in [-0.05, 0) is 37.3 Å². The fourth-order valence-electron chi connectivity index (χ4n) is 1.85. The molecule has 20 heavy (non-hydrogen) atoms. The molecule has 0 saturated heterocycles. The van der Waals surface area contributed by atoms with Crippen molar-refractivity contribution in [3.8, 4) is 5.75 Å². The second kappa shape index (κ2) is 6.55. The summed E-state index contributed by atoms with van der Waals surface area (Å²) in [7, 11) is 0. The van der Waals surface area contributed by atoms with Crippen molar-refractivity contribution in [1.82, 2.24) is 0 Å². The van der Waals surface area contributed by atoms with Crippen molar-refractivity contribution in [2.75, 3.05) is 0 Å². The predicted octanol–water partition coefficient (Wildman–Crippen LogP) is 5.65. The minimum Gasteiger partial charge on any atom is -0.486 e. The third-order valence-electron chi connectivity index (χ3n) is 2.87. The van der Waals surface area contributed by atoms with Gasteiger partial charge in [-0.1, -0.05) is 27.5 Å². The largest absolute Gasteiger partial charge is 0.486 e. The van der Waals surface area contributed by atoms with Gasteiger partial charge in [-0.25, -0.2) is 8.78 Å². The van der Waals surface area contributed by atoms with Crippen LogP contribution in [-0.2, 0) is 5.33 Å². The minimum atomic E-state index is -0.619. The van der Waals surface area contributed by atoms with E-state index in [1.807, 2.05) is 0 Å². The van der Waals surface area contributed by atoms with Crippen LogP contribution in [0, 0.1) is 11.6 Å². The van der Waals surface area contributed by atoms with Gasteiger partial charge in [0, 0.05) is 27.5 Å². The highest BCUT2D eigenvalue weighted by Crippen LogP contribution is 2.30. The van der Waals surface area contributed by atoms with Crippen LogP contribution in [0.25, 0.3) is 0 Å². The Kier molecular flexibility index (Phi) is 5.00. The van der Waals surface area contributed by atoms with E-state index >= 15 is 0 Å². The second-order valence-corrected chi connectivity index (χ2v) is 5.31. The summed E-state index contributed by atoms with van der Waals surface area (Å²) in [5, 5.41) is 1.18. The number of ether oxygens (including phenoxy) is 1. The molecule has 106 valence electrons. The van der Waals surface area contributed by atoms with E-state index in [0.717, 1.165) is 11.6 Å². The summed E-state index contributed by atoms with van der Waals surface area (Å²) in [6, 6.07) is 8.67. The Morgan fingerprint density at radius 1 is 1.20 bits per heavy atom. The third kappa shape index (κ3) is 3.49. The standard InChI is InChI=1S/C15H12BrClF2O/c1-9(13-4-3-12(18)7-14(13)19)20-15-5-2-11(17)6-10(15)8-16/h2-7,9H,8H2,1H3. The van der Waals surface area contributed by atoms with Crippen LogP contribution in [0.15, 0.2) is 36.4 Å². The van der Waals surface area contributed by atoms with Gasteiger partial charge in [0.15, 0.2) is 0 Å². The lowest BCUT2D eigenvalue weighted by molar-refractivity contribution is 0.219. The molecule has 0 aromatic heterocycles. The van der Waals surface area contributed by atoms with Crippen molar-refractivity contribution in [2.45, 2.75) is 18.4 Å². The van der Waals surface area contributed by atoms with E-state index in [-0.39, 0.29) is 0 Å². The first-order valence-electron chi connectivity index (χ1n) is 5.97. The highest BCUT2D eigenvalue weighted by molar-refractivity contribution is 9.08. The molecule has 0 fully saturated rings. The zero-order valence-electron chi connectivity index (χ0n) is 10.7. The Labute approximate surface area is 129 Å². The molecular formula is C15H12BrClF2O.